The number of aryl methyl sites for hydroxylation is 1. The van der Waals surface area contributed by atoms with Crippen molar-refractivity contribution < 1.29 is 9.90 Å². The molecule has 132 valence electrons. The highest BCUT2D eigenvalue weighted by Crippen LogP contribution is 2.26. The van der Waals surface area contributed by atoms with Gasteiger partial charge >= 0.3 is 0 Å². The van der Waals surface area contributed by atoms with Crippen LogP contribution in [0.5, 0.6) is 0 Å². The Morgan fingerprint density at radius 3 is 2.54 bits per heavy atom. The molecule has 1 aromatic rings. The van der Waals surface area contributed by atoms with Crippen molar-refractivity contribution in [2.24, 2.45) is 0 Å². The van der Waals surface area contributed by atoms with E-state index in [4.69, 9.17) is 5.11 Å². The van der Waals surface area contributed by atoms with E-state index in [0.717, 1.165) is 45.6 Å². The molecule has 0 atom stereocenters. The first kappa shape index (κ1) is 17.4. The van der Waals surface area contributed by atoms with Gasteiger partial charge in [-0.25, -0.2) is 0 Å². The van der Waals surface area contributed by atoms with E-state index in [0.29, 0.717) is 19.1 Å². The van der Waals surface area contributed by atoms with Gasteiger partial charge in [0.2, 0.25) is 5.91 Å². The largest absolute Gasteiger partial charge is 0.395 e. The van der Waals surface area contributed by atoms with Crippen molar-refractivity contribution in [3.05, 3.63) is 35.4 Å². The molecule has 1 amide bonds. The molecule has 2 aliphatic rings. The molecule has 0 radical (unpaired) electrons. The highest BCUT2D eigenvalue weighted by Gasteiger charge is 2.31. The minimum atomic E-state index is 0.133. The van der Waals surface area contributed by atoms with Crippen LogP contribution in [0.2, 0.25) is 0 Å². The van der Waals surface area contributed by atoms with E-state index in [1.54, 1.807) is 0 Å². The van der Waals surface area contributed by atoms with Gasteiger partial charge in [-0.15, -0.1) is 0 Å². The molecule has 5 nitrogen and oxygen atoms in total. The van der Waals surface area contributed by atoms with Crippen LogP contribution < -0.4 is 0 Å². The van der Waals surface area contributed by atoms with Gasteiger partial charge in [0.05, 0.1) is 13.2 Å². The number of aliphatic hydroxyl groups excluding tert-OH is 1. The van der Waals surface area contributed by atoms with Crippen molar-refractivity contribution in [2.45, 2.75) is 32.4 Å². The zero-order valence-electron chi connectivity index (χ0n) is 14.7. The maximum Gasteiger partial charge on any atom is 0.236 e. The normalized spacial score (nSPS) is 19.0. The van der Waals surface area contributed by atoms with Crippen molar-refractivity contribution in [3.63, 3.8) is 0 Å². The SMILES string of the molecule is Cc1ccccc1CN1CCN(C(=O)CN(CCO)C2CC2)CC1. The smallest absolute Gasteiger partial charge is 0.236 e. The van der Waals surface area contributed by atoms with Gasteiger partial charge in [-0.05, 0) is 30.9 Å². The second kappa shape index (κ2) is 8.10. The molecular formula is C19H29N3O2. The number of hydrogen-bond acceptors (Lipinski definition) is 4. The molecule has 24 heavy (non-hydrogen) atoms. The fourth-order valence-corrected chi connectivity index (χ4v) is 3.42. The molecule has 0 aromatic heterocycles. The van der Waals surface area contributed by atoms with Gasteiger partial charge in [-0.1, -0.05) is 24.3 Å². The maximum absolute atomic E-state index is 12.5. The van der Waals surface area contributed by atoms with Crippen LogP contribution >= 0.6 is 0 Å². The Morgan fingerprint density at radius 1 is 1.21 bits per heavy atom. The summed E-state index contributed by atoms with van der Waals surface area (Å²) in [5.41, 5.74) is 2.71. The van der Waals surface area contributed by atoms with Crippen LogP contribution in [0.4, 0.5) is 0 Å². The van der Waals surface area contributed by atoms with Crippen LogP contribution in [0.3, 0.4) is 0 Å². The number of hydrogen-bond donors (Lipinski definition) is 1. The number of benzene rings is 1. The quantitative estimate of drug-likeness (QED) is 0.813. The number of carbonyl (C=O) groups is 1. The second-order valence-corrected chi connectivity index (χ2v) is 7.01. The Morgan fingerprint density at radius 2 is 1.92 bits per heavy atom. The van der Waals surface area contributed by atoms with E-state index in [-0.39, 0.29) is 12.5 Å². The molecule has 1 saturated heterocycles. The summed E-state index contributed by atoms with van der Waals surface area (Å²) < 4.78 is 0. The van der Waals surface area contributed by atoms with Crippen molar-refractivity contribution in [1.29, 1.82) is 0 Å². The van der Waals surface area contributed by atoms with Crippen LogP contribution in [0.25, 0.3) is 0 Å². The van der Waals surface area contributed by atoms with E-state index in [1.807, 2.05) is 4.90 Å². The Hall–Kier alpha value is -1.43. The third-order valence-corrected chi connectivity index (χ3v) is 5.17. The van der Waals surface area contributed by atoms with Crippen molar-refractivity contribution >= 4 is 5.91 Å². The van der Waals surface area contributed by atoms with Crippen molar-refractivity contribution in [1.82, 2.24) is 14.7 Å². The second-order valence-electron chi connectivity index (χ2n) is 7.01. The molecule has 2 fully saturated rings. The van der Waals surface area contributed by atoms with Gasteiger partial charge < -0.3 is 10.0 Å². The first-order valence-corrected chi connectivity index (χ1v) is 9.07. The number of aliphatic hydroxyl groups is 1. The highest BCUT2D eigenvalue weighted by molar-refractivity contribution is 5.78. The summed E-state index contributed by atoms with van der Waals surface area (Å²) in [6.07, 6.45) is 2.33. The molecular weight excluding hydrogens is 302 g/mol. The summed E-state index contributed by atoms with van der Waals surface area (Å²) in [5, 5.41) is 9.16. The average molecular weight is 331 g/mol. The molecule has 0 unspecified atom stereocenters. The minimum Gasteiger partial charge on any atom is -0.395 e. The average Bonchev–Trinajstić information content (AvgIpc) is 3.42. The first-order chi connectivity index (χ1) is 11.7. The van der Waals surface area contributed by atoms with Crippen molar-refractivity contribution in [3.8, 4) is 0 Å². The lowest BCUT2D eigenvalue weighted by Crippen LogP contribution is -2.51. The van der Waals surface area contributed by atoms with Crippen LogP contribution in [0, 0.1) is 6.92 Å². The van der Waals surface area contributed by atoms with Crippen molar-refractivity contribution in [2.75, 3.05) is 45.9 Å². The standard InChI is InChI=1S/C19H29N3O2/c1-16-4-2-3-5-17(16)14-20-8-10-21(11-9-20)19(24)15-22(12-13-23)18-6-7-18/h2-5,18,23H,6-15H2,1H3. The van der Waals surface area contributed by atoms with Crippen LogP contribution in [0.15, 0.2) is 24.3 Å². The van der Waals surface area contributed by atoms with Crippen LogP contribution in [-0.4, -0.2) is 77.6 Å². The molecule has 1 heterocycles. The van der Waals surface area contributed by atoms with Crippen LogP contribution in [0.1, 0.15) is 24.0 Å². The molecule has 0 bridgehead atoms. The topological polar surface area (TPSA) is 47.0 Å². The molecule has 3 rings (SSSR count). The fraction of sp³-hybridized carbons (Fsp3) is 0.632. The van der Waals surface area contributed by atoms with Gasteiger partial charge in [0.1, 0.15) is 0 Å². The third-order valence-electron chi connectivity index (χ3n) is 5.17. The predicted molar refractivity (Wildman–Crippen MR) is 94.7 cm³/mol. The Bertz CT molecular complexity index is 551. The number of rotatable bonds is 7. The minimum absolute atomic E-state index is 0.133. The summed E-state index contributed by atoms with van der Waals surface area (Å²) in [7, 11) is 0. The zero-order valence-corrected chi connectivity index (χ0v) is 14.7. The molecule has 5 heteroatoms. The molecule has 1 aliphatic heterocycles. The first-order valence-electron chi connectivity index (χ1n) is 9.07. The number of piperazine rings is 1. The lowest BCUT2D eigenvalue weighted by molar-refractivity contribution is -0.134. The summed E-state index contributed by atoms with van der Waals surface area (Å²) >= 11 is 0. The Kier molecular flexibility index (Phi) is 5.87. The maximum atomic E-state index is 12.5. The Labute approximate surface area is 144 Å². The zero-order chi connectivity index (χ0) is 16.9. The molecule has 1 N–H and O–H groups in total. The van der Waals surface area contributed by atoms with Crippen LogP contribution in [-0.2, 0) is 11.3 Å². The van der Waals surface area contributed by atoms with Gasteiger partial charge in [0.15, 0.2) is 0 Å². The molecule has 1 aromatic carbocycles. The van der Waals surface area contributed by atoms with Gasteiger partial charge in [0.25, 0.3) is 0 Å². The van der Waals surface area contributed by atoms with E-state index in [2.05, 4.69) is 41.0 Å². The van der Waals surface area contributed by atoms with E-state index >= 15 is 0 Å². The lowest BCUT2D eigenvalue weighted by atomic mass is 10.1. The monoisotopic (exact) mass is 331 g/mol. The summed E-state index contributed by atoms with van der Waals surface area (Å²) in [5.74, 6) is 0.214. The number of amides is 1. The van der Waals surface area contributed by atoms with Gasteiger partial charge in [0, 0.05) is 45.3 Å². The lowest BCUT2D eigenvalue weighted by Gasteiger charge is -2.36. The molecule has 1 saturated carbocycles. The molecule has 0 spiro atoms. The van der Waals surface area contributed by atoms with Gasteiger partial charge in [-0.2, -0.15) is 0 Å². The highest BCUT2D eigenvalue weighted by atomic mass is 16.3. The molecule has 1 aliphatic carbocycles. The van der Waals surface area contributed by atoms with E-state index in [9.17, 15) is 4.79 Å². The summed E-state index contributed by atoms with van der Waals surface area (Å²) in [6, 6.07) is 9.03. The summed E-state index contributed by atoms with van der Waals surface area (Å²) in [6.45, 7) is 7.81. The number of nitrogens with zero attached hydrogens (tertiary/aromatic N) is 3. The van der Waals surface area contributed by atoms with Gasteiger partial charge in [-0.3, -0.25) is 14.6 Å². The predicted octanol–water partition coefficient (Wildman–Crippen LogP) is 1.10. The van der Waals surface area contributed by atoms with E-state index < -0.39 is 0 Å². The number of carbonyl (C=O) groups excluding carboxylic acids is 1. The van der Waals surface area contributed by atoms with E-state index in [1.165, 1.54) is 11.1 Å². The third kappa shape index (κ3) is 4.56. The summed E-state index contributed by atoms with van der Waals surface area (Å²) in [4.78, 5) is 19.1. The fourth-order valence-electron chi connectivity index (χ4n) is 3.42. The Balaban J connectivity index is 1.46.